The van der Waals surface area contributed by atoms with Crippen molar-refractivity contribution in [1.82, 2.24) is 4.98 Å². The first-order valence-electron chi connectivity index (χ1n) is 7.33. The van der Waals surface area contributed by atoms with Crippen LogP contribution in [0.15, 0.2) is 18.2 Å². The Kier molecular flexibility index (Phi) is 5.49. The van der Waals surface area contributed by atoms with Gasteiger partial charge in [0, 0.05) is 0 Å². The standard InChI is InChI=1S/C16H20N2O3S/c1-4-5-11(3)15(20)21-9-14(19)18-16-17-12-7-6-10(2)8-13(12)22-16/h6-8,11H,4-5,9H2,1-3H3,(H,17,18,19)/t11-/m0/s1. The third kappa shape index (κ3) is 4.27. The molecule has 6 heteroatoms. The molecule has 1 atom stereocenters. The molecule has 0 aliphatic carbocycles. The number of nitrogens with one attached hydrogen (secondary N) is 1. The highest BCUT2D eigenvalue weighted by Gasteiger charge is 2.15. The highest BCUT2D eigenvalue weighted by Crippen LogP contribution is 2.26. The van der Waals surface area contributed by atoms with Crippen molar-refractivity contribution in [2.24, 2.45) is 5.92 Å². The Bertz CT molecular complexity index is 681. The van der Waals surface area contributed by atoms with Crippen LogP contribution < -0.4 is 5.32 Å². The number of esters is 1. The Morgan fingerprint density at radius 2 is 2.18 bits per heavy atom. The van der Waals surface area contributed by atoms with E-state index in [1.807, 2.05) is 32.0 Å². The molecule has 1 N–H and O–H groups in total. The third-order valence-electron chi connectivity index (χ3n) is 3.26. The van der Waals surface area contributed by atoms with Crippen LogP contribution in [0.1, 0.15) is 32.3 Å². The highest BCUT2D eigenvalue weighted by atomic mass is 32.1. The van der Waals surface area contributed by atoms with Gasteiger partial charge in [-0.25, -0.2) is 4.98 Å². The quantitative estimate of drug-likeness (QED) is 0.827. The van der Waals surface area contributed by atoms with E-state index in [4.69, 9.17) is 4.74 Å². The van der Waals surface area contributed by atoms with Crippen LogP contribution in [0.4, 0.5) is 5.13 Å². The number of anilines is 1. The predicted molar refractivity (Wildman–Crippen MR) is 88.0 cm³/mol. The first-order chi connectivity index (χ1) is 10.5. The van der Waals surface area contributed by atoms with Crippen LogP contribution in [0.5, 0.6) is 0 Å². The van der Waals surface area contributed by atoms with Crippen molar-refractivity contribution >= 4 is 38.6 Å². The number of aryl methyl sites for hydroxylation is 1. The molecule has 118 valence electrons. The van der Waals surface area contributed by atoms with E-state index in [-0.39, 0.29) is 24.4 Å². The first-order valence-corrected chi connectivity index (χ1v) is 8.15. The predicted octanol–water partition coefficient (Wildman–Crippen LogP) is 3.52. The van der Waals surface area contributed by atoms with Gasteiger partial charge in [-0.2, -0.15) is 0 Å². The molecule has 0 radical (unpaired) electrons. The minimum Gasteiger partial charge on any atom is -0.455 e. The Hall–Kier alpha value is -1.95. The number of fused-ring (bicyclic) bond motifs is 1. The van der Waals surface area contributed by atoms with Gasteiger partial charge in [0.2, 0.25) is 0 Å². The summed E-state index contributed by atoms with van der Waals surface area (Å²) in [5.74, 6) is -0.882. The van der Waals surface area contributed by atoms with Crippen LogP contribution >= 0.6 is 11.3 Å². The molecular weight excluding hydrogens is 300 g/mol. The number of nitrogens with zero attached hydrogens (tertiary/aromatic N) is 1. The van der Waals surface area contributed by atoms with Crippen LogP contribution in [-0.4, -0.2) is 23.5 Å². The molecule has 5 nitrogen and oxygen atoms in total. The van der Waals surface area contributed by atoms with Crippen molar-refractivity contribution in [2.75, 3.05) is 11.9 Å². The fourth-order valence-electron chi connectivity index (χ4n) is 2.07. The van der Waals surface area contributed by atoms with Crippen molar-refractivity contribution in [1.29, 1.82) is 0 Å². The second-order valence-corrected chi connectivity index (χ2v) is 6.37. The maximum Gasteiger partial charge on any atom is 0.309 e. The van der Waals surface area contributed by atoms with E-state index in [0.717, 1.165) is 28.6 Å². The van der Waals surface area contributed by atoms with Gasteiger partial charge in [0.05, 0.1) is 16.1 Å². The van der Waals surface area contributed by atoms with Crippen LogP contribution in [0.3, 0.4) is 0 Å². The molecule has 1 amide bonds. The molecule has 0 aliphatic rings. The molecule has 0 saturated heterocycles. The summed E-state index contributed by atoms with van der Waals surface area (Å²) in [4.78, 5) is 27.8. The topological polar surface area (TPSA) is 68.3 Å². The minimum atomic E-state index is -0.368. The van der Waals surface area contributed by atoms with Gasteiger partial charge in [0.1, 0.15) is 0 Å². The number of benzene rings is 1. The van der Waals surface area contributed by atoms with Gasteiger partial charge in [0.25, 0.3) is 5.91 Å². The van der Waals surface area contributed by atoms with Gasteiger partial charge in [-0.1, -0.05) is 37.7 Å². The van der Waals surface area contributed by atoms with Crippen LogP contribution in [-0.2, 0) is 14.3 Å². The number of aromatic nitrogens is 1. The smallest absolute Gasteiger partial charge is 0.309 e. The Morgan fingerprint density at radius 1 is 1.41 bits per heavy atom. The average Bonchev–Trinajstić information content (AvgIpc) is 2.86. The van der Waals surface area contributed by atoms with Crippen LogP contribution in [0, 0.1) is 12.8 Å². The number of ether oxygens (including phenoxy) is 1. The second kappa shape index (κ2) is 7.35. The molecular formula is C16H20N2O3S. The average molecular weight is 320 g/mol. The number of carbonyl (C=O) groups excluding carboxylic acids is 2. The van der Waals surface area contributed by atoms with Gasteiger partial charge < -0.3 is 4.74 Å². The van der Waals surface area contributed by atoms with Crippen molar-refractivity contribution < 1.29 is 14.3 Å². The van der Waals surface area contributed by atoms with Crippen LogP contribution in [0.25, 0.3) is 10.2 Å². The summed E-state index contributed by atoms with van der Waals surface area (Å²) < 4.78 is 6.03. The van der Waals surface area contributed by atoms with E-state index in [9.17, 15) is 9.59 Å². The largest absolute Gasteiger partial charge is 0.455 e. The molecule has 0 saturated carbocycles. The fraction of sp³-hybridized carbons (Fsp3) is 0.438. The lowest BCUT2D eigenvalue weighted by Gasteiger charge is -2.09. The van der Waals surface area contributed by atoms with Gasteiger partial charge >= 0.3 is 5.97 Å². The summed E-state index contributed by atoms with van der Waals surface area (Å²) >= 11 is 1.40. The molecule has 2 rings (SSSR count). The molecule has 0 fully saturated rings. The third-order valence-corrected chi connectivity index (χ3v) is 4.19. The highest BCUT2D eigenvalue weighted by molar-refractivity contribution is 7.22. The molecule has 0 bridgehead atoms. The zero-order valence-corrected chi connectivity index (χ0v) is 13.8. The SMILES string of the molecule is CCC[C@H](C)C(=O)OCC(=O)Nc1nc2ccc(C)cc2s1. The van der Waals surface area contributed by atoms with E-state index >= 15 is 0 Å². The summed E-state index contributed by atoms with van der Waals surface area (Å²) in [6.07, 6.45) is 1.67. The van der Waals surface area contributed by atoms with E-state index in [1.165, 1.54) is 11.3 Å². The lowest BCUT2D eigenvalue weighted by Crippen LogP contribution is -2.23. The molecule has 1 aromatic carbocycles. The summed E-state index contributed by atoms with van der Waals surface area (Å²) in [5, 5.41) is 3.19. The van der Waals surface area contributed by atoms with E-state index in [2.05, 4.69) is 10.3 Å². The Labute approximate surface area is 133 Å². The number of amides is 1. The zero-order valence-electron chi connectivity index (χ0n) is 13.0. The maximum absolute atomic E-state index is 11.8. The molecule has 22 heavy (non-hydrogen) atoms. The van der Waals surface area contributed by atoms with Gasteiger partial charge in [-0.3, -0.25) is 14.9 Å². The van der Waals surface area contributed by atoms with Crippen molar-refractivity contribution in [2.45, 2.75) is 33.6 Å². The summed E-state index contributed by atoms with van der Waals surface area (Å²) in [6.45, 7) is 5.54. The number of hydrogen-bond acceptors (Lipinski definition) is 5. The van der Waals surface area contributed by atoms with E-state index in [0.29, 0.717) is 5.13 Å². The normalized spacial score (nSPS) is 12.1. The molecule has 2 aromatic rings. The molecule has 1 aromatic heterocycles. The van der Waals surface area contributed by atoms with Crippen molar-refractivity contribution in [3.05, 3.63) is 23.8 Å². The number of carbonyl (C=O) groups is 2. The van der Waals surface area contributed by atoms with Gasteiger partial charge in [0.15, 0.2) is 11.7 Å². The maximum atomic E-state index is 11.8. The lowest BCUT2D eigenvalue weighted by molar-refractivity contribution is -0.151. The number of rotatable bonds is 6. The summed E-state index contributed by atoms with van der Waals surface area (Å²) in [6, 6.07) is 5.92. The van der Waals surface area contributed by atoms with Crippen molar-refractivity contribution in [3.8, 4) is 0 Å². The number of thiazole rings is 1. The van der Waals surface area contributed by atoms with Gasteiger partial charge in [-0.15, -0.1) is 0 Å². The second-order valence-electron chi connectivity index (χ2n) is 5.34. The lowest BCUT2D eigenvalue weighted by atomic mass is 10.1. The summed E-state index contributed by atoms with van der Waals surface area (Å²) in [7, 11) is 0. The monoisotopic (exact) mass is 320 g/mol. The number of hydrogen-bond donors (Lipinski definition) is 1. The zero-order chi connectivity index (χ0) is 16.1. The minimum absolute atomic E-state index is 0.178. The Balaban J connectivity index is 1.89. The van der Waals surface area contributed by atoms with E-state index < -0.39 is 0 Å². The first kappa shape index (κ1) is 16.4. The Morgan fingerprint density at radius 3 is 2.91 bits per heavy atom. The fourth-order valence-corrected chi connectivity index (χ4v) is 3.05. The molecule has 0 aliphatic heterocycles. The van der Waals surface area contributed by atoms with Crippen molar-refractivity contribution in [3.63, 3.8) is 0 Å². The molecule has 0 spiro atoms. The van der Waals surface area contributed by atoms with Gasteiger partial charge in [-0.05, 0) is 31.0 Å². The molecule has 0 unspecified atom stereocenters. The van der Waals surface area contributed by atoms with Crippen LogP contribution in [0.2, 0.25) is 0 Å². The summed E-state index contributed by atoms with van der Waals surface area (Å²) in [5.41, 5.74) is 1.99. The molecule has 1 heterocycles. The van der Waals surface area contributed by atoms with E-state index in [1.54, 1.807) is 6.92 Å².